The highest BCUT2D eigenvalue weighted by Gasteiger charge is 2.31. The van der Waals surface area contributed by atoms with Gasteiger partial charge in [-0.15, -0.1) is 0 Å². The molecule has 1 amide bonds. The molecule has 23 heavy (non-hydrogen) atoms. The second-order valence-corrected chi connectivity index (χ2v) is 6.91. The molecule has 4 nitrogen and oxygen atoms in total. The summed E-state index contributed by atoms with van der Waals surface area (Å²) < 4.78 is 0. The Morgan fingerprint density at radius 1 is 1.35 bits per heavy atom. The average Bonchev–Trinajstić information content (AvgIpc) is 2.56. The summed E-state index contributed by atoms with van der Waals surface area (Å²) in [5.41, 5.74) is 7.43. The van der Waals surface area contributed by atoms with Crippen LogP contribution >= 0.6 is 0 Å². The van der Waals surface area contributed by atoms with Crippen molar-refractivity contribution in [2.45, 2.75) is 52.2 Å². The Balaban J connectivity index is 1.99. The summed E-state index contributed by atoms with van der Waals surface area (Å²) in [5.74, 6) is 0.287. The maximum absolute atomic E-state index is 12.7. The fourth-order valence-corrected chi connectivity index (χ4v) is 3.34. The van der Waals surface area contributed by atoms with Gasteiger partial charge in [0.15, 0.2) is 0 Å². The second-order valence-electron chi connectivity index (χ2n) is 6.91. The Morgan fingerprint density at radius 2 is 2.04 bits per heavy atom. The second kappa shape index (κ2) is 8.46. The van der Waals surface area contributed by atoms with Crippen molar-refractivity contribution in [2.24, 2.45) is 11.7 Å². The first-order valence-electron chi connectivity index (χ1n) is 8.85. The third-order valence-electron chi connectivity index (χ3n) is 4.80. The molecular weight excluding hydrogens is 286 g/mol. The predicted octanol–water partition coefficient (Wildman–Crippen LogP) is 2.48. The average molecular weight is 317 g/mol. The van der Waals surface area contributed by atoms with E-state index in [2.05, 4.69) is 36.1 Å². The molecule has 0 bridgehead atoms. The van der Waals surface area contributed by atoms with E-state index >= 15 is 0 Å². The van der Waals surface area contributed by atoms with E-state index in [0.29, 0.717) is 0 Å². The van der Waals surface area contributed by atoms with Crippen LogP contribution in [-0.2, 0) is 11.3 Å². The number of benzene rings is 1. The summed E-state index contributed by atoms with van der Waals surface area (Å²) in [5, 5.41) is 0. The summed E-state index contributed by atoms with van der Waals surface area (Å²) in [6.07, 6.45) is 2.22. The summed E-state index contributed by atoms with van der Waals surface area (Å²) in [6, 6.07) is 10.4. The molecule has 1 aliphatic rings. The lowest BCUT2D eigenvalue weighted by Gasteiger charge is -2.40. The first kappa shape index (κ1) is 18.0. The van der Waals surface area contributed by atoms with Gasteiger partial charge in [0.2, 0.25) is 5.91 Å². The fraction of sp³-hybridized carbons (Fsp3) is 0.632. The van der Waals surface area contributed by atoms with Gasteiger partial charge in [0.1, 0.15) is 0 Å². The zero-order chi connectivity index (χ0) is 16.8. The van der Waals surface area contributed by atoms with Crippen LogP contribution in [0.3, 0.4) is 0 Å². The molecule has 0 aromatic heterocycles. The van der Waals surface area contributed by atoms with Crippen LogP contribution in [0.2, 0.25) is 0 Å². The largest absolute Gasteiger partial charge is 0.337 e. The van der Waals surface area contributed by atoms with E-state index in [-0.39, 0.29) is 23.9 Å². The van der Waals surface area contributed by atoms with Crippen LogP contribution in [-0.4, -0.2) is 47.4 Å². The summed E-state index contributed by atoms with van der Waals surface area (Å²) in [4.78, 5) is 17.1. The van der Waals surface area contributed by atoms with Crippen molar-refractivity contribution >= 4 is 5.91 Å². The molecule has 1 heterocycles. The Kier molecular flexibility index (Phi) is 6.60. The quantitative estimate of drug-likeness (QED) is 0.877. The Bertz CT molecular complexity index is 489. The SMILES string of the molecule is CCN(C(=O)C(N)C(C)C)C1CCCN(Cc2ccccc2)C1. The Labute approximate surface area is 140 Å². The number of rotatable bonds is 6. The molecule has 128 valence electrons. The number of carbonyl (C=O) groups is 1. The smallest absolute Gasteiger partial charge is 0.240 e. The van der Waals surface area contributed by atoms with Crippen molar-refractivity contribution in [1.29, 1.82) is 0 Å². The Morgan fingerprint density at radius 3 is 2.65 bits per heavy atom. The minimum Gasteiger partial charge on any atom is -0.337 e. The molecular formula is C19H31N3O. The number of likely N-dealkylation sites (N-methyl/N-ethyl adjacent to an activating group) is 1. The first-order chi connectivity index (χ1) is 11.0. The highest BCUT2D eigenvalue weighted by Crippen LogP contribution is 2.19. The number of hydrogen-bond acceptors (Lipinski definition) is 3. The molecule has 2 unspecified atom stereocenters. The first-order valence-corrected chi connectivity index (χ1v) is 8.85. The highest BCUT2D eigenvalue weighted by molar-refractivity contribution is 5.82. The van der Waals surface area contributed by atoms with Crippen LogP contribution in [0.15, 0.2) is 30.3 Å². The number of hydrogen-bond donors (Lipinski definition) is 1. The molecule has 0 radical (unpaired) electrons. The third-order valence-corrected chi connectivity index (χ3v) is 4.80. The van der Waals surface area contributed by atoms with Crippen LogP contribution < -0.4 is 5.73 Å². The lowest BCUT2D eigenvalue weighted by Crippen LogP contribution is -2.55. The lowest BCUT2D eigenvalue weighted by molar-refractivity contribution is -0.136. The predicted molar refractivity (Wildman–Crippen MR) is 94.9 cm³/mol. The van der Waals surface area contributed by atoms with Crippen LogP contribution in [0.25, 0.3) is 0 Å². The summed E-state index contributed by atoms with van der Waals surface area (Å²) in [6.45, 7) is 9.83. The fourth-order valence-electron chi connectivity index (χ4n) is 3.34. The molecule has 1 fully saturated rings. The minimum absolute atomic E-state index is 0.106. The Hall–Kier alpha value is -1.39. The van der Waals surface area contributed by atoms with E-state index in [1.165, 1.54) is 5.56 Å². The molecule has 2 atom stereocenters. The molecule has 4 heteroatoms. The summed E-state index contributed by atoms with van der Waals surface area (Å²) >= 11 is 0. The number of nitrogens with zero attached hydrogens (tertiary/aromatic N) is 2. The van der Waals surface area contributed by atoms with Crippen molar-refractivity contribution < 1.29 is 4.79 Å². The van der Waals surface area contributed by atoms with Crippen LogP contribution in [0.1, 0.15) is 39.2 Å². The van der Waals surface area contributed by atoms with Gasteiger partial charge in [-0.1, -0.05) is 44.2 Å². The van der Waals surface area contributed by atoms with Gasteiger partial charge in [-0.2, -0.15) is 0 Å². The number of amides is 1. The minimum atomic E-state index is -0.389. The monoisotopic (exact) mass is 317 g/mol. The van der Waals surface area contributed by atoms with E-state index < -0.39 is 0 Å². The number of piperidine rings is 1. The van der Waals surface area contributed by atoms with Gasteiger partial charge in [0.05, 0.1) is 6.04 Å². The van der Waals surface area contributed by atoms with E-state index in [0.717, 1.165) is 39.0 Å². The lowest BCUT2D eigenvalue weighted by atomic mass is 9.99. The molecule has 0 aliphatic carbocycles. The molecule has 2 N–H and O–H groups in total. The molecule has 1 aromatic rings. The zero-order valence-electron chi connectivity index (χ0n) is 14.7. The summed E-state index contributed by atoms with van der Waals surface area (Å²) in [7, 11) is 0. The van der Waals surface area contributed by atoms with Crippen molar-refractivity contribution in [3.05, 3.63) is 35.9 Å². The topological polar surface area (TPSA) is 49.6 Å². The molecule has 1 aromatic carbocycles. The van der Waals surface area contributed by atoms with Crippen LogP contribution in [0, 0.1) is 5.92 Å². The van der Waals surface area contributed by atoms with E-state index in [9.17, 15) is 4.79 Å². The molecule has 1 aliphatic heterocycles. The van der Waals surface area contributed by atoms with Crippen molar-refractivity contribution in [2.75, 3.05) is 19.6 Å². The van der Waals surface area contributed by atoms with Gasteiger partial charge in [0, 0.05) is 25.7 Å². The van der Waals surface area contributed by atoms with Gasteiger partial charge in [-0.3, -0.25) is 9.69 Å². The molecule has 1 saturated heterocycles. The maximum atomic E-state index is 12.7. The van der Waals surface area contributed by atoms with Gasteiger partial charge in [-0.25, -0.2) is 0 Å². The van der Waals surface area contributed by atoms with Gasteiger partial charge in [-0.05, 0) is 37.8 Å². The number of likely N-dealkylation sites (tertiary alicyclic amines) is 1. The van der Waals surface area contributed by atoms with E-state index in [1.54, 1.807) is 0 Å². The third kappa shape index (κ3) is 4.79. The zero-order valence-corrected chi connectivity index (χ0v) is 14.7. The van der Waals surface area contributed by atoms with Gasteiger partial charge < -0.3 is 10.6 Å². The molecule has 0 saturated carbocycles. The van der Waals surface area contributed by atoms with E-state index in [1.807, 2.05) is 24.8 Å². The molecule has 2 rings (SSSR count). The normalized spacial score (nSPS) is 20.5. The van der Waals surface area contributed by atoms with E-state index in [4.69, 9.17) is 5.73 Å². The van der Waals surface area contributed by atoms with Gasteiger partial charge in [0.25, 0.3) is 0 Å². The highest BCUT2D eigenvalue weighted by atomic mass is 16.2. The standard InChI is InChI=1S/C19H31N3O/c1-4-22(19(23)18(20)15(2)3)17-11-8-12-21(14-17)13-16-9-6-5-7-10-16/h5-7,9-10,15,17-18H,4,8,11-14,20H2,1-3H3. The molecule has 0 spiro atoms. The van der Waals surface area contributed by atoms with Crippen molar-refractivity contribution in [3.8, 4) is 0 Å². The van der Waals surface area contributed by atoms with Crippen LogP contribution in [0.5, 0.6) is 0 Å². The van der Waals surface area contributed by atoms with Crippen molar-refractivity contribution in [3.63, 3.8) is 0 Å². The van der Waals surface area contributed by atoms with Crippen LogP contribution in [0.4, 0.5) is 0 Å². The van der Waals surface area contributed by atoms with Gasteiger partial charge >= 0.3 is 0 Å². The number of nitrogens with two attached hydrogens (primary N) is 1. The van der Waals surface area contributed by atoms with Crippen molar-refractivity contribution in [1.82, 2.24) is 9.80 Å². The number of carbonyl (C=O) groups excluding carboxylic acids is 1. The maximum Gasteiger partial charge on any atom is 0.240 e.